The molecule has 1 aliphatic carbocycles. The lowest BCUT2D eigenvalue weighted by Gasteiger charge is -2.23. The number of hydrogen-bond donors (Lipinski definition) is 2. The summed E-state index contributed by atoms with van der Waals surface area (Å²) in [6.07, 6.45) is 13.7. The van der Waals surface area contributed by atoms with Crippen LogP contribution in [-0.4, -0.2) is 9.13 Å². The van der Waals surface area contributed by atoms with Gasteiger partial charge >= 0.3 is 0 Å². The molecule has 4 N–H and O–H groups in total. The van der Waals surface area contributed by atoms with Crippen molar-refractivity contribution in [1.82, 2.24) is 9.13 Å². The molecule has 0 radical (unpaired) electrons. The van der Waals surface area contributed by atoms with Gasteiger partial charge in [-0.1, -0.05) is 83.9 Å². The molecule has 276 valence electrons. The van der Waals surface area contributed by atoms with Crippen LogP contribution in [0.25, 0.3) is 88.4 Å². The summed E-state index contributed by atoms with van der Waals surface area (Å²) in [4.78, 5) is 0. The highest BCUT2D eigenvalue weighted by atomic mass is 15.0. The van der Waals surface area contributed by atoms with E-state index in [1.165, 1.54) is 93.8 Å². The molecule has 2 aromatic heterocycles. The molecule has 0 unspecified atom stereocenters. The van der Waals surface area contributed by atoms with Crippen LogP contribution in [0.15, 0.2) is 134 Å². The van der Waals surface area contributed by atoms with Crippen molar-refractivity contribution >= 4 is 55.0 Å². The van der Waals surface area contributed by atoms with Crippen LogP contribution in [0.5, 0.6) is 0 Å². The smallest absolute Gasteiger partial charge is 0.0613 e. The molecule has 9 rings (SSSR count). The van der Waals surface area contributed by atoms with Gasteiger partial charge in [0.1, 0.15) is 0 Å². The van der Waals surface area contributed by atoms with Crippen molar-refractivity contribution in [2.45, 2.75) is 54.4 Å². The van der Waals surface area contributed by atoms with E-state index in [1.54, 1.807) is 12.4 Å². The van der Waals surface area contributed by atoms with Crippen molar-refractivity contribution in [1.29, 1.82) is 0 Å². The van der Waals surface area contributed by atoms with E-state index in [0.717, 1.165) is 40.8 Å². The zero-order valence-corrected chi connectivity index (χ0v) is 33.2. The van der Waals surface area contributed by atoms with Crippen molar-refractivity contribution in [2.24, 2.45) is 11.5 Å². The van der Waals surface area contributed by atoms with E-state index in [1.807, 2.05) is 6.92 Å². The van der Waals surface area contributed by atoms with Gasteiger partial charge < -0.3 is 20.6 Å². The van der Waals surface area contributed by atoms with Crippen molar-refractivity contribution in [3.8, 4) is 33.4 Å². The van der Waals surface area contributed by atoms with E-state index in [2.05, 4.69) is 165 Å². The van der Waals surface area contributed by atoms with Gasteiger partial charge in [-0.15, -0.1) is 0 Å². The molecule has 2 heterocycles. The van der Waals surface area contributed by atoms with Crippen molar-refractivity contribution in [3.05, 3.63) is 167 Å². The first kappa shape index (κ1) is 35.2. The molecule has 4 nitrogen and oxygen atoms in total. The first-order valence-electron chi connectivity index (χ1n) is 19.7. The fraction of sp³-hybridized carbons (Fsp3) is 0.154. The average Bonchev–Trinajstić information content (AvgIpc) is 3.71. The minimum atomic E-state index is 0.929. The van der Waals surface area contributed by atoms with Gasteiger partial charge in [0.25, 0.3) is 0 Å². The number of fused-ring (bicyclic) bond motifs is 10. The van der Waals surface area contributed by atoms with Gasteiger partial charge in [0, 0.05) is 33.9 Å². The van der Waals surface area contributed by atoms with Gasteiger partial charge in [-0.3, -0.25) is 0 Å². The maximum Gasteiger partial charge on any atom is 0.0613 e. The molecule has 4 heteroatoms. The predicted octanol–water partition coefficient (Wildman–Crippen LogP) is 12.9. The van der Waals surface area contributed by atoms with E-state index in [-0.39, 0.29) is 0 Å². The number of aryl methyl sites for hydroxylation is 6. The van der Waals surface area contributed by atoms with Gasteiger partial charge in [-0.2, -0.15) is 0 Å². The minimum Gasteiger partial charge on any atom is -0.403 e. The number of allylic oxidation sites excluding steroid dienone is 6. The highest BCUT2D eigenvalue weighted by Crippen LogP contribution is 2.46. The Morgan fingerprint density at radius 2 is 1.05 bits per heavy atom. The van der Waals surface area contributed by atoms with E-state index < -0.39 is 0 Å². The SMILES string of the molecule is C/C=C\C(=C/N)n1c2ccc(-c3cc(C)ccc3C)cc2c2cc3c(cc21)-c1ccc2c4cc(-c5cc(C)ccc5C)ccc4n(C(/C=C\C)=C/N)c2c1CC3. The second-order valence-corrected chi connectivity index (χ2v) is 15.5. The summed E-state index contributed by atoms with van der Waals surface area (Å²) in [6.45, 7) is 12.8. The van der Waals surface area contributed by atoms with Crippen molar-refractivity contribution < 1.29 is 0 Å². The molecular formula is C52H48N4. The first-order chi connectivity index (χ1) is 27.2. The van der Waals surface area contributed by atoms with Crippen LogP contribution in [0.2, 0.25) is 0 Å². The molecule has 6 aromatic carbocycles. The van der Waals surface area contributed by atoms with Crippen molar-refractivity contribution in [2.75, 3.05) is 0 Å². The lowest BCUT2D eigenvalue weighted by molar-refractivity contribution is 0.946. The molecule has 0 saturated carbocycles. The van der Waals surface area contributed by atoms with Gasteiger partial charge in [0.05, 0.1) is 33.5 Å². The third-order valence-electron chi connectivity index (χ3n) is 11.9. The van der Waals surface area contributed by atoms with Gasteiger partial charge in [-0.05, 0) is 159 Å². The van der Waals surface area contributed by atoms with Crippen LogP contribution in [0, 0.1) is 27.7 Å². The highest BCUT2D eigenvalue weighted by molar-refractivity contribution is 6.16. The Morgan fingerprint density at radius 1 is 0.500 bits per heavy atom. The molecule has 0 spiro atoms. The minimum absolute atomic E-state index is 0.929. The van der Waals surface area contributed by atoms with Crippen LogP contribution >= 0.6 is 0 Å². The van der Waals surface area contributed by atoms with Gasteiger partial charge in [0.15, 0.2) is 0 Å². The third kappa shape index (κ3) is 5.43. The summed E-state index contributed by atoms with van der Waals surface area (Å²) in [5.41, 5.74) is 34.7. The summed E-state index contributed by atoms with van der Waals surface area (Å²) in [6, 6.07) is 36.8. The Morgan fingerprint density at radius 3 is 1.64 bits per heavy atom. The number of nitrogens with zero attached hydrogens (tertiary/aromatic N) is 2. The second-order valence-electron chi connectivity index (χ2n) is 15.5. The molecule has 1 aliphatic rings. The molecule has 0 atom stereocenters. The van der Waals surface area contributed by atoms with Crippen LogP contribution in [0.4, 0.5) is 0 Å². The van der Waals surface area contributed by atoms with Crippen LogP contribution in [0.1, 0.15) is 47.2 Å². The van der Waals surface area contributed by atoms with Crippen LogP contribution < -0.4 is 11.5 Å². The molecule has 0 bridgehead atoms. The zero-order valence-electron chi connectivity index (χ0n) is 33.2. The zero-order chi connectivity index (χ0) is 38.8. The standard InChI is InChI=1S/C52H48N4/c1-7-9-38(29-53)55-49-21-16-36(44-24-32(4)12-14-34(44)6)26-47(49)48-27-37-15-18-41-40(45(37)28-51(48)55)19-20-42-46-25-35(43-23-31(3)11-13-33(43)5)17-22-50(46)56(52(41)42)39(30-54)10-8-2/h7-14,16-17,19-30H,15,18,53-54H2,1-6H3/b9-7-,10-8-,38-29+,39-30+. The molecule has 0 amide bonds. The van der Waals surface area contributed by atoms with Gasteiger partial charge in [-0.25, -0.2) is 0 Å². The fourth-order valence-corrected chi connectivity index (χ4v) is 9.24. The van der Waals surface area contributed by atoms with E-state index in [0.29, 0.717) is 0 Å². The Hall–Kier alpha value is -6.52. The van der Waals surface area contributed by atoms with Crippen molar-refractivity contribution in [3.63, 3.8) is 0 Å². The van der Waals surface area contributed by atoms with Crippen LogP contribution in [-0.2, 0) is 12.8 Å². The Labute approximate surface area is 329 Å². The molecule has 56 heavy (non-hydrogen) atoms. The predicted molar refractivity (Wildman–Crippen MR) is 242 cm³/mol. The molecule has 0 fully saturated rings. The summed E-state index contributed by atoms with van der Waals surface area (Å²) in [5, 5.41) is 4.95. The van der Waals surface area contributed by atoms with E-state index in [4.69, 9.17) is 11.5 Å². The number of aromatic nitrogens is 2. The van der Waals surface area contributed by atoms with E-state index >= 15 is 0 Å². The maximum absolute atomic E-state index is 6.43. The average molecular weight is 729 g/mol. The summed E-state index contributed by atoms with van der Waals surface area (Å²) in [5.74, 6) is 0. The molecule has 0 aliphatic heterocycles. The largest absolute Gasteiger partial charge is 0.403 e. The second kappa shape index (κ2) is 13.6. The molecular weight excluding hydrogens is 681 g/mol. The number of benzene rings is 6. The Bertz CT molecular complexity index is 2980. The number of hydrogen-bond acceptors (Lipinski definition) is 2. The first-order valence-corrected chi connectivity index (χ1v) is 19.7. The van der Waals surface area contributed by atoms with E-state index in [9.17, 15) is 0 Å². The normalized spacial score (nSPS) is 13.6. The topological polar surface area (TPSA) is 61.9 Å². The summed E-state index contributed by atoms with van der Waals surface area (Å²) in [7, 11) is 0. The lowest BCUT2D eigenvalue weighted by Crippen LogP contribution is -2.08. The number of nitrogens with two attached hydrogens (primary N) is 2. The molecule has 0 saturated heterocycles. The highest BCUT2D eigenvalue weighted by Gasteiger charge is 2.26. The summed E-state index contributed by atoms with van der Waals surface area (Å²) < 4.78 is 4.71. The fourth-order valence-electron chi connectivity index (χ4n) is 9.24. The Balaban J connectivity index is 1.32. The molecule has 8 aromatic rings. The number of rotatable bonds is 6. The van der Waals surface area contributed by atoms with Crippen LogP contribution in [0.3, 0.4) is 0 Å². The summed E-state index contributed by atoms with van der Waals surface area (Å²) >= 11 is 0. The Kier molecular flexibility index (Phi) is 8.58. The monoisotopic (exact) mass is 728 g/mol. The van der Waals surface area contributed by atoms with Gasteiger partial charge in [0.2, 0.25) is 0 Å². The third-order valence-corrected chi connectivity index (χ3v) is 11.9. The maximum atomic E-state index is 6.43. The quantitative estimate of drug-likeness (QED) is 0.167. The lowest BCUT2D eigenvalue weighted by atomic mass is 9.83.